The van der Waals surface area contributed by atoms with Crippen LogP contribution in [0.25, 0.3) is 0 Å². The van der Waals surface area contributed by atoms with Gasteiger partial charge in [-0.05, 0) is 38.3 Å². The first-order valence-electron chi connectivity index (χ1n) is 4.75. The van der Waals surface area contributed by atoms with Crippen LogP contribution in [0.2, 0.25) is 0 Å². The normalized spacial score (nSPS) is 11.1. The molecule has 0 N–H and O–H groups in total. The van der Waals surface area contributed by atoms with Crippen molar-refractivity contribution in [1.82, 2.24) is 0 Å². The van der Waals surface area contributed by atoms with E-state index >= 15 is 0 Å². The highest BCUT2D eigenvalue weighted by atomic mass is 31.1. The van der Waals surface area contributed by atoms with E-state index in [9.17, 15) is 0 Å². The van der Waals surface area contributed by atoms with Crippen LogP contribution in [-0.4, -0.2) is 5.80 Å². The lowest BCUT2D eigenvalue weighted by Gasteiger charge is -2.05. The van der Waals surface area contributed by atoms with E-state index in [0.29, 0.717) is 0 Å². The summed E-state index contributed by atoms with van der Waals surface area (Å²) in [6.07, 6.45) is 1.15. The van der Waals surface area contributed by atoms with Gasteiger partial charge in [0.15, 0.2) is 0 Å². The molecule has 0 saturated carbocycles. The molecule has 0 aliphatic heterocycles. The molecule has 0 amide bonds. The third-order valence-corrected chi connectivity index (χ3v) is 3.55. The fourth-order valence-corrected chi connectivity index (χ4v) is 2.46. The predicted octanol–water partition coefficient (Wildman–Crippen LogP) is 3.40. The van der Waals surface area contributed by atoms with Gasteiger partial charge in [-0.25, -0.2) is 0 Å². The topological polar surface area (TPSA) is 0 Å². The van der Waals surface area contributed by atoms with Gasteiger partial charge in [0.1, 0.15) is 0 Å². The second kappa shape index (κ2) is 4.58. The quantitative estimate of drug-likeness (QED) is 0.630. The summed E-state index contributed by atoms with van der Waals surface area (Å²) in [5, 5.41) is 1.48. The van der Waals surface area contributed by atoms with E-state index in [0.717, 1.165) is 6.42 Å². The fourth-order valence-electron chi connectivity index (χ4n) is 1.56. The zero-order chi connectivity index (χ0) is 9.84. The maximum absolute atomic E-state index is 2.31. The average molecular weight is 192 g/mol. The van der Waals surface area contributed by atoms with E-state index in [4.69, 9.17) is 0 Å². The van der Waals surface area contributed by atoms with E-state index in [-0.39, 0.29) is 0 Å². The molecular formula is C12H17P. The molecule has 0 saturated heterocycles. The zero-order valence-electron chi connectivity index (χ0n) is 8.89. The first-order chi connectivity index (χ1) is 6.15. The van der Waals surface area contributed by atoms with Gasteiger partial charge in [-0.3, -0.25) is 0 Å². The van der Waals surface area contributed by atoms with Gasteiger partial charge in [0.05, 0.1) is 0 Å². The number of hydrogen-bond donors (Lipinski definition) is 0. The van der Waals surface area contributed by atoms with Crippen LogP contribution < -0.4 is 5.30 Å². The second-order valence-electron chi connectivity index (χ2n) is 3.47. The Morgan fingerprint density at radius 2 is 1.69 bits per heavy atom. The van der Waals surface area contributed by atoms with Crippen LogP contribution in [0.5, 0.6) is 0 Å². The standard InChI is InChI=1S/C12H17P/c1-5-6-13-12-10(3)7-9(2)8-11(12)4/h6-8H,5H2,1-4H3. The summed E-state index contributed by atoms with van der Waals surface area (Å²) in [7, 11) is 1.37. The molecule has 0 fully saturated rings. The van der Waals surface area contributed by atoms with Crippen molar-refractivity contribution in [3.8, 4) is 0 Å². The molecule has 0 aliphatic carbocycles. The molecule has 1 rings (SSSR count). The molecule has 0 unspecified atom stereocenters. The third-order valence-electron chi connectivity index (χ3n) is 2.04. The Kier molecular flexibility index (Phi) is 3.69. The number of benzene rings is 1. The first kappa shape index (κ1) is 10.5. The molecule has 0 heterocycles. The molecular weight excluding hydrogens is 175 g/mol. The Labute approximate surface area is 82.8 Å². The summed E-state index contributed by atoms with van der Waals surface area (Å²) in [6.45, 7) is 8.74. The SMILES string of the molecule is CCC=Pc1c(C)cc(C)cc1C. The van der Waals surface area contributed by atoms with Crippen molar-refractivity contribution in [1.29, 1.82) is 0 Å². The lowest BCUT2D eigenvalue weighted by Crippen LogP contribution is -2.03. The van der Waals surface area contributed by atoms with E-state index in [1.807, 2.05) is 0 Å². The smallest absolute Gasteiger partial charge is 0.00733 e. The fraction of sp³-hybridized carbons (Fsp3) is 0.417. The highest BCUT2D eigenvalue weighted by molar-refractivity contribution is 7.47. The maximum atomic E-state index is 2.31. The van der Waals surface area contributed by atoms with Crippen LogP contribution in [0.3, 0.4) is 0 Å². The molecule has 0 nitrogen and oxygen atoms in total. The maximum Gasteiger partial charge on any atom is 0.00733 e. The van der Waals surface area contributed by atoms with Crippen LogP contribution in [0, 0.1) is 20.8 Å². The third kappa shape index (κ3) is 2.67. The van der Waals surface area contributed by atoms with Crippen molar-refractivity contribution >= 4 is 19.3 Å². The Hall–Kier alpha value is -0.610. The van der Waals surface area contributed by atoms with E-state index in [1.54, 1.807) is 0 Å². The monoisotopic (exact) mass is 192 g/mol. The summed E-state index contributed by atoms with van der Waals surface area (Å²) in [5.41, 5.74) is 4.21. The van der Waals surface area contributed by atoms with Gasteiger partial charge < -0.3 is 0 Å². The van der Waals surface area contributed by atoms with Gasteiger partial charge in [0.2, 0.25) is 0 Å². The van der Waals surface area contributed by atoms with Gasteiger partial charge in [-0.15, -0.1) is 0 Å². The van der Waals surface area contributed by atoms with Gasteiger partial charge in [-0.2, -0.15) is 0 Å². The molecule has 0 aromatic heterocycles. The summed E-state index contributed by atoms with van der Waals surface area (Å²) in [4.78, 5) is 0. The van der Waals surface area contributed by atoms with Crippen molar-refractivity contribution in [3.63, 3.8) is 0 Å². The minimum Gasteiger partial charge on any atom is -0.0723 e. The molecule has 1 heteroatoms. The minimum atomic E-state index is 1.15. The largest absolute Gasteiger partial charge is 0.0723 e. The van der Waals surface area contributed by atoms with Crippen molar-refractivity contribution in [2.75, 3.05) is 0 Å². The highest BCUT2D eigenvalue weighted by Crippen LogP contribution is 2.11. The lowest BCUT2D eigenvalue weighted by molar-refractivity contribution is 1.35. The van der Waals surface area contributed by atoms with Crippen LogP contribution >= 0.6 is 8.20 Å². The highest BCUT2D eigenvalue weighted by Gasteiger charge is 1.99. The number of rotatable bonds is 2. The molecule has 0 bridgehead atoms. The first-order valence-corrected chi connectivity index (χ1v) is 5.72. The van der Waals surface area contributed by atoms with Gasteiger partial charge in [0, 0.05) is 5.30 Å². The predicted molar refractivity (Wildman–Crippen MR) is 63.6 cm³/mol. The van der Waals surface area contributed by atoms with Crippen molar-refractivity contribution in [3.05, 3.63) is 28.8 Å². The average Bonchev–Trinajstić information content (AvgIpc) is 2.02. The summed E-state index contributed by atoms with van der Waals surface area (Å²) < 4.78 is 0. The molecule has 70 valence electrons. The van der Waals surface area contributed by atoms with Crippen molar-refractivity contribution in [2.24, 2.45) is 0 Å². The molecule has 1 aromatic rings. The van der Waals surface area contributed by atoms with E-state index < -0.39 is 0 Å². The van der Waals surface area contributed by atoms with Gasteiger partial charge >= 0.3 is 0 Å². The van der Waals surface area contributed by atoms with Crippen LogP contribution in [0.15, 0.2) is 12.1 Å². The second-order valence-corrected chi connectivity index (χ2v) is 4.54. The number of aryl methyl sites for hydroxylation is 3. The van der Waals surface area contributed by atoms with Crippen molar-refractivity contribution < 1.29 is 0 Å². The molecule has 0 atom stereocenters. The molecule has 13 heavy (non-hydrogen) atoms. The van der Waals surface area contributed by atoms with Gasteiger partial charge in [0.25, 0.3) is 0 Å². The Balaban J connectivity index is 3.13. The van der Waals surface area contributed by atoms with Crippen LogP contribution in [0.4, 0.5) is 0 Å². The van der Waals surface area contributed by atoms with Crippen LogP contribution in [-0.2, 0) is 0 Å². The molecule has 0 radical (unpaired) electrons. The summed E-state index contributed by atoms with van der Waals surface area (Å²) in [5.74, 6) is 2.31. The summed E-state index contributed by atoms with van der Waals surface area (Å²) in [6, 6.07) is 4.53. The minimum absolute atomic E-state index is 1.15. The van der Waals surface area contributed by atoms with Gasteiger partial charge in [-0.1, -0.05) is 38.6 Å². The van der Waals surface area contributed by atoms with E-state index in [2.05, 4.69) is 45.6 Å². The number of hydrogen-bond acceptors (Lipinski definition) is 0. The molecule has 1 aromatic carbocycles. The van der Waals surface area contributed by atoms with E-state index in [1.165, 1.54) is 30.2 Å². The zero-order valence-corrected chi connectivity index (χ0v) is 9.78. The van der Waals surface area contributed by atoms with Crippen molar-refractivity contribution in [2.45, 2.75) is 34.1 Å². The lowest BCUT2D eigenvalue weighted by atomic mass is 10.1. The summed E-state index contributed by atoms with van der Waals surface area (Å²) >= 11 is 0. The molecule has 0 aliphatic rings. The molecule has 0 spiro atoms. The van der Waals surface area contributed by atoms with Crippen LogP contribution in [0.1, 0.15) is 30.0 Å². The Morgan fingerprint density at radius 1 is 1.15 bits per heavy atom. The Morgan fingerprint density at radius 3 is 2.15 bits per heavy atom. The Bertz CT molecular complexity index is 301.